The van der Waals surface area contributed by atoms with Crippen molar-refractivity contribution in [1.82, 2.24) is 0 Å². The molecule has 1 aliphatic heterocycles. The molecule has 0 fully saturated rings. The molecule has 2 aromatic carbocycles. The molecule has 0 radical (unpaired) electrons. The summed E-state index contributed by atoms with van der Waals surface area (Å²) >= 11 is 0. The van der Waals surface area contributed by atoms with Crippen LogP contribution in [-0.2, 0) is 9.47 Å². The first-order chi connectivity index (χ1) is 11.3. The number of benzene rings is 2. The van der Waals surface area contributed by atoms with E-state index in [-0.39, 0.29) is 0 Å². The summed E-state index contributed by atoms with van der Waals surface area (Å²) < 4.78 is 11.6. The van der Waals surface area contributed by atoms with Crippen LogP contribution in [0.15, 0.2) is 66.1 Å². The quantitative estimate of drug-likeness (QED) is 0.549. The number of allylic oxidation sites excluding steroid dienone is 1. The van der Waals surface area contributed by atoms with E-state index >= 15 is 0 Å². The minimum Gasteiger partial charge on any atom is -0.493 e. The predicted octanol–water partition coefficient (Wildman–Crippen LogP) is 5.49. The summed E-state index contributed by atoms with van der Waals surface area (Å²) in [5.41, 5.74) is 6.53. The zero-order chi connectivity index (χ0) is 16.1. The molecule has 0 aromatic heterocycles. The highest BCUT2D eigenvalue weighted by Gasteiger charge is 2.18. The largest absolute Gasteiger partial charge is 0.493 e. The molecule has 0 aliphatic carbocycles. The summed E-state index contributed by atoms with van der Waals surface area (Å²) in [5.74, 6) is 2.36. The first-order valence-electron chi connectivity index (χ1n) is 7.90. The SMILES string of the molecule is CCCC(=C=C1OC(c2ccccc2)=Cc2ccccc21)OC. The van der Waals surface area contributed by atoms with E-state index in [0.29, 0.717) is 5.76 Å². The van der Waals surface area contributed by atoms with E-state index in [9.17, 15) is 0 Å². The topological polar surface area (TPSA) is 18.5 Å². The molecular weight excluding hydrogens is 284 g/mol. The van der Waals surface area contributed by atoms with Gasteiger partial charge in [0, 0.05) is 17.5 Å². The highest BCUT2D eigenvalue weighted by Crippen LogP contribution is 2.34. The first-order valence-corrected chi connectivity index (χ1v) is 7.90. The summed E-state index contributed by atoms with van der Waals surface area (Å²) in [6.45, 7) is 2.12. The molecule has 1 heterocycles. The van der Waals surface area contributed by atoms with Crippen molar-refractivity contribution in [1.29, 1.82) is 0 Å². The Hall–Kier alpha value is -2.70. The Balaban J connectivity index is 2.13. The summed E-state index contributed by atoms with van der Waals surface area (Å²) in [5, 5.41) is 0. The van der Waals surface area contributed by atoms with Crippen LogP contribution >= 0.6 is 0 Å². The number of hydrogen-bond donors (Lipinski definition) is 0. The van der Waals surface area contributed by atoms with Crippen LogP contribution in [0.5, 0.6) is 0 Å². The molecule has 0 bridgehead atoms. The molecule has 1 aliphatic rings. The standard InChI is InChI=1S/C21H20O2/c1-3-9-18(22-2)15-21-19-13-8-7-12-17(19)14-20(23-21)16-10-5-4-6-11-16/h4-8,10-14H,3,9H2,1-2H3. The van der Waals surface area contributed by atoms with Gasteiger partial charge in [0.25, 0.3) is 0 Å². The van der Waals surface area contributed by atoms with Gasteiger partial charge in [-0.1, -0.05) is 55.5 Å². The van der Waals surface area contributed by atoms with Gasteiger partial charge in [-0.3, -0.25) is 0 Å². The van der Waals surface area contributed by atoms with Crippen molar-refractivity contribution in [3.8, 4) is 0 Å². The van der Waals surface area contributed by atoms with E-state index in [1.54, 1.807) is 7.11 Å². The molecule has 2 heteroatoms. The van der Waals surface area contributed by atoms with Crippen molar-refractivity contribution in [2.24, 2.45) is 0 Å². The molecule has 0 spiro atoms. The van der Waals surface area contributed by atoms with Gasteiger partial charge < -0.3 is 9.47 Å². The van der Waals surface area contributed by atoms with Gasteiger partial charge in [-0.25, -0.2) is 0 Å². The third kappa shape index (κ3) is 3.39. The van der Waals surface area contributed by atoms with Crippen LogP contribution in [0.3, 0.4) is 0 Å². The van der Waals surface area contributed by atoms with Crippen molar-refractivity contribution in [3.63, 3.8) is 0 Å². The molecule has 116 valence electrons. The maximum absolute atomic E-state index is 6.14. The molecular formula is C21H20O2. The fourth-order valence-corrected chi connectivity index (χ4v) is 2.57. The highest BCUT2D eigenvalue weighted by atomic mass is 16.5. The zero-order valence-corrected chi connectivity index (χ0v) is 13.5. The van der Waals surface area contributed by atoms with Crippen molar-refractivity contribution in [2.45, 2.75) is 19.8 Å². The van der Waals surface area contributed by atoms with Crippen molar-refractivity contribution < 1.29 is 9.47 Å². The lowest BCUT2D eigenvalue weighted by molar-refractivity contribution is 0.276. The van der Waals surface area contributed by atoms with Crippen LogP contribution in [0.25, 0.3) is 17.6 Å². The van der Waals surface area contributed by atoms with Crippen LogP contribution in [-0.4, -0.2) is 7.11 Å². The van der Waals surface area contributed by atoms with E-state index in [1.165, 1.54) is 0 Å². The summed E-state index contributed by atoms with van der Waals surface area (Å²) in [7, 11) is 1.68. The average molecular weight is 304 g/mol. The van der Waals surface area contributed by atoms with E-state index in [2.05, 4.69) is 30.9 Å². The molecule has 0 atom stereocenters. The molecule has 0 amide bonds. The number of rotatable bonds is 4. The van der Waals surface area contributed by atoms with E-state index in [4.69, 9.17) is 9.47 Å². The summed E-state index contributed by atoms with van der Waals surface area (Å²) in [4.78, 5) is 0. The van der Waals surface area contributed by atoms with E-state index in [0.717, 1.165) is 41.1 Å². The Morgan fingerprint density at radius 1 is 1.04 bits per heavy atom. The summed E-state index contributed by atoms with van der Waals surface area (Å²) in [6.07, 6.45) is 3.92. The normalized spacial score (nSPS) is 12.6. The van der Waals surface area contributed by atoms with Crippen LogP contribution in [0.2, 0.25) is 0 Å². The van der Waals surface area contributed by atoms with E-state index < -0.39 is 0 Å². The predicted molar refractivity (Wildman–Crippen MR) is 94.2 cm³/mol. The van der Waals surface area contributed by atoms with Gasteiger partial charge in [-0.15, -0.1) is 0 Å². The van der Waals surface area contributed by atoms with Gasteiger partial charge in [-0.05, 0) is 29.9 Å². The van der Waals surface area contributed by atoms with Crippen LogP contribution < -0.4 is 0 Å². The number of ether oxygens (including phenoxy) is 2. The Labute approximate surface area is 137 Å². The van der Waals surface area contributed by atoms with Crippen molar-refractivity contribution in [3.05, 3.63) is 82.8 Å². The molecule has 23 heavy (non-hydrogen) atoms. The van der Waals surface area contributed by atoms with Gasteiger partial charge in [0.15, 0.2) is 5.76 Å². The number of hydrogen-bond acceptors (Lipinski definition) is 2. The van der Waals surface area contributed by atoms with Crippen LogP contribution in [0.1, 0.15) is 36.5 Å². The van der Waals surface area contributed by atoms with Gasteiger partial charge >= 0.3 is 0 Å². The minimum absolute atomic E-state index is 0.715. The van der Waals surface area contributed by atoms with Gasteiger partial charge in [0.05, 0.1) is 7.11 Å². The maximum atomic E-state index is 6.14. The highest BCUT2D eigenvalue weighted by molar-refractivity contribution is 5.88. The van der Waals surface area contributed by atoms with Crippen LogP contribution in [0.4, 0.5) is 0 Å². The Kier molecular flexibility index (Phi) is 4.65. The number of fused-ring (bicyclic) bond motifs is 1. The fraction of sp³-hybridized carbons (Fsp3) is 0.190. The van der Waals surface area contributed by atoms with Crippen LogP contribution in [0, 0.1) is 0 Å². The Bertz CT molecular complexity index is 778. The summed E-state index contributed by atoms with van der Waals surface area (Å²) in [6, 6.07) is 18.3. The van der Waals surface area contributed by atoms with Crippen molar-refractivity contribution in [2.75, 3.05) is 7.11 Å². The smallest absolute Gasteiger partial charge is 0.180 e. The monoisotopic (exact) mass is 304 g/mol. The number of methoxy groups -OCH3 is 1. The van der Waals surface area contributed by atoms with Gasteiger partial charge in [0.1, 0.15) is 11.5 Å². The molecule has 2 nitrogen and oxygen atoms in total. The average Bonchev–Trinajstić information content (AvgIpc) is 2.62. The second kappa shape index (κ2) is 7.04. The Morgan fingerprint density at radius 2 is 1.78 bits per heavy atom. The molecule has 0 saturated heterocycles. The van der Waals surface area contributed by atoms with Gasteiger partial charge in [-0.2, -0.15) is 0 Å². The molecule has 0 saturated carbocycles. The lowest BCUT2D eigenvalue weighted by Gasteiger charge is -2.19. The first kappa shape index (κ1) is 15.2. The zero-order valence-electron chi connectivity index (χ0n) is 13.5. The molecule has 2 aromatic rings. The minimum atomic E-state index is 0.715. The molecule has 3 rings (SSSR count). The lowest BCUT2D eigenvalue weighted by atomic mass is 10.0. The fourth-order valence-electron chi connectivity index (χ4n) is 2.57. The van der Waals surface area contributed by atoms with Crippen molar-refractivity contribution >= 4 is 17.6 Å². The van der Waals surface area contributed by atoms with E-state index in [1.807, 2.05) is 42.5 Å². The molecule has 0 N–H and O–H groups in total. The molecule has 0 unspecified atom stereocenters. The maximum Gasteiger partial charge on any atom is 0.180 e. The van der Waals surface area contributed by atoms with Gasteiger partial charge in [0.2, 0.25) is 0 Å². The third-order valence-corrected chi connectivity index (χ3v) is 3.74. The second-order valence-corrected chi connectivity index (χ2v) is 5.40. The third-order valence-electron chi connectivity index (χ3n) is 3.74. The lowest BCUT2D eigenvalue weighted by Crippen LogP contribution is -2.01. The second-order valence-electron chi connectivity index (χ2n) is 5.40. The Morgan fingerprint density at radius 3 is 2.52 bits per heavy atom.